The van der Waals surface area contributed by atoms with Crippen LogP contribution < -0.4 is 0 Å². The number of benzene rings is 9. The van der Waals surface area contributed by atoms with Crippen LogP contribution in [0, 0.1) is 0 Å². The summed E-state index contributed by atoms with van der Waals surface area (Å²) < 4.78 is 2.29. The fraction of sp³-hybridized carbons (Fsp3) is 0. The average Bonchev–Trinajstić information content (AvgIpc) is 4.21. The zero-order chi connectivity index (χ0) is 53.4. The van der Waals surface area contributed by atoms with E-state index < -0.39 is 0 Å². The molecule has 0 unspecified atom stereocenters. The van der Waals surface area contributed by atoms with Gasteiger partial charge in [-0.1, -0.05) is 140 Å². The minimum Gasteiger partial charge on any atom is -0.292 e. The largest absolute Gasteiger partial charge is 0.292 e. The molecule has 0 spiro atoms. The van der Waals surface area contributed by atoms with E-state index in [2.05, 4.69) is 144 Å². The van der Waals surface area contributed by atoms with E-state index in [4.69, 9.17) is 44.9 Å². The van der Waals surface area contributed by atoms with Crippen molar-refractivity contribution in [2.75, 3.05) is 0 Å². The van der Waals surface area contributed by atoms with Gasteiger partial charge in [0.05, 0.1) is 55.9 Å². The topological polar surface area (TPSA) is 121 Å². The Morgan fingerprint density at radius 3 is 1.04 bits per heavy atom. The molecule has 0 aliphatic heterocycles. The van der Waals surface area contributed by atoms with Crippen molar-refractivity contribution in [1.29, 1.82) is 0 Å². The van der Waals surface area contributed by atoms with E-state index in [1.807, 2.05) is 116 Å². The van der Waals surface area contributed by atoms with E-state index in [1.54, 1.807) is 0 Å². The number of hydrogen-bond donors (Lipinski definition) is 0. The first kappa shape index (κ1) is 45.9. The lowest BCUT2D eigenvalue weighted by Gasteiger charge is -2.15. The molecule has 16 rings (SSSR count). The highest BCUT2D eigenvalue weighted by Crippen LogP contribution is 2.42. The second-order valence-corrected chi connectivity index (χ2v) is 20.3. The lowest BCUT2D eigenvalue weighted by atomic mass is 10.00. The maximum Gasteiger partial charge on any atom is 0.160 e. The number of pyridine rings is 4. The van der Waals surface area contributed by atoms with Crippen molar-refractivity contribution in [1.82, 2.24) is 49.4 Å². The van der Waals surface area contributed by atoms with Gasteiger partial charge >= 0.3 is 0 Å². The minimum atomic E-state index is 0.485. The summed E-state index contributed by atoms with van der Waals surface area (Å²) in [5.41, 5.74) is 14.9. The third-order valence-electron chi connectivity index (χ3n) is 15.3. The summed E-state index contributed by atoms with van der Waals surface area (Å²) in [6, 6.07) is 79.2. The van der Waals surface area contributed by atoms with Crippen LogP contribution in [-0.4, -0.2) is 49.4 Å². The van der Waals surface area contributed by atoms with Crippen molar-refractivity contribution in [3.05, 3.63) is 255 Å². The molecule has 0 fully saturated rings. The molecule has 9 aromatic carbocycles. The third kappa shape index (κ3) is 8.08. The lowest BCUT2D eigenvalue weighted by Crippen LogP contribution is -2.01. The summed E-state index contributed by atoms with van der Waals surface area (Å²) >= 11 is 0. The molecule has 0 aliphatic carbocycles. The highest BCUT2D eigenvalue weighted by atomic mass is 15.1. The standard InChI is InChI=1S/C71H42N10/c1-2-20-54(21-3-1)81-68-58-25-11-9-23-56(58)55-22-8-10-24-57(55)67(68)80-71(81)49-35-47(69-76-63(50-30-43-16-4-12-26-59(43)72-39-50)37-64(77-69)51-31-44-17-5-13-27-60(44)73-40-51)34-48(36-49)70-78-65(52-32-45-18-6-14-28-61(45)74-41-52)38-66(79-70)53-33-46-19-7-15-29-62(46)75-42-53/h1-42H. The van der Waals surface area contributed by atoms with Crippen LogP contribution in [0.15, 0.2) is 255 Å². The Hall–Kier alpha value is -11.2. The molecule has 0 aliphatic rings. The SMILES string of the molecule is c1ccc(-n2c(-c3cc(-c4nc(-c5cnc6ccccc6c5)cc(-c5cnc6ccccc6c5)n4)cc(-c4nc(-c5cnc6ccccc6c5)cc(-c5cnc6ccccc6c5)n4)c3)nc3c4ccccc4c4ccccc4c32)cc1. The molecule has 0 N–H and O–H groups in total. The molecule has 376 valence electrons. The highest BCUT2D eigenvalue weighted by Gasteiger charge is 2.24. The molecule has 10 nitrogen and oxygen atoms in total. The molecule has 0 atom stereocenters. The van der Waals surface area contributed by atoms with Crippen molar-refractivity contribution in [2.24, 2.45) is 0 Å². The Kier molecular flexibility index (Phi) is 10.6. The van der Waals surface area contributed by atoms with Crippen molar-refractivity contribution in [3.8, 4) is 84.9 Å². The van der Waals surface area contributed by atoms with Gasteiger partial charge in [-0.15, -0.1) is 0 Å². The Bertz CT molecular complexity index is 4790. The maximum absolute atomic E-state index is 5.73. The molecule has 0 radical (unpaired) electrons. The number of nitrogens with zero attached hydrogens (tertiary/aromatic N) is 10. The van der Waals surface area contributed by atoms with Gasteiger partial charge in [0.1, 0.15) is 5.82 Å². The molecular weight excluding hydrogens is 993 g/mol. The smallest absolute Gasteiger partial charge is 0.160 e. The molecule has 16 aromatic rings. The second kappa shape index (κ2) is 18.8. The maximum atomic E-state index is 5.73. The summed E-state index contributed by atoms with van der Waals surface area (Å²) in [6.07, 6.45) is 7.55. The summed E-state index contributed by atoms with van der Waals surface area (Å²) in [7, 11) is 0. The molecular formula is C71H42N10. The average molecular weight is 1040 g/mol. The fourth-order valence-electron chi connectivity index (χ4n) is 11.3. The van der Waals surface area contributed by atoms with Crippen LogP contribution in [0.5, 0.6) is 0 Å². The Morgan fingerprint density at radius 1 is 0.259 bits per heavy atom. The quantitative estimate of drug-likeness (QED) is 0.137. The van der Waals surface area contributed by atoms with Crippen molar-refractivity contribution in [3.63, 3.8) is 0 Å². The predicted octanol–water partition coefficient (Wildman–Crippen LogP) is 16.8. The van der Waals surface area contributed by atoms with E-state index in [0.717, 1.165) is 127 Å². The van der Waals surface area contributed by atoms with Gasteiger partial charge in [-0.05, 0) is 102 Å². The zero-order valence-electron chi connectivity index (χ0n) is 43.2. The van der Waals surface area contributed by atoms with E-state index in [-0.39, 0.29) is 0 Å². The zero-order valence-corrected chi connectivity index (χ0v) is 43.2. The van der Waals surface area contributed by atoms with Crippen molar-refractivity contribution < 1.29 is 0 Å². The number of rotatable bonds is 8. The van der Waals surface area contributed by atoms with E-state index in [1.165, 1.54) is 0 Å². The van der Waals surface area contributed by atoms with Crippen LogP contribution in [0.4, 0.5) is 0 Å². The van der Waals surface area contributed by atoms with Gasteiger partial charge in [0, 0.05) is 102 Å². The monoisotopic (exact) mass is 1030 g/mol. The van der Waals surface area contributed by atoms with Crippen LogP contribution in [0.25, 0.3) is 161 Å². The number of hydrogen-bond acceptors (Lipinski definition) is 9. The van der Waals surface area contributed by atoms with Gasteiger partial charge in [0.2, 0.25) is 0 Å². The summed E-state index contributed by atoms with van der Waals surface area (Å²) in [6.45, 7) is 0. The van der Waals surface area contributed by atoms with Crippen LogP contribution in [0.2, 0.25) is 0 Å². The first-order valence-corrected chi connectivity index (χ1v) is 26.8. The van der Waals surface area contributed by atoms with Gasteiger partial charge in [-0.25, -0.2) is 24.9 Å². The lowest BCUT2D eigenvalue weighted by molar-refractivity contribution is 1.10. The first-order chi connectivity index (χ1) is 40.1. The number of aromatic nitrogens is 10. The number of imidazole rings is 1. The predicted molar refractivity (Wildman–Crippen MR) is 327 cm³/mol. The fourth-order valence-corrected chi connectivity index (χ4v) is 11.3. The molecule has 10 heteroatoms. The van der Waals surface area contributed by atoms with Gasteiger partial charge in [0.25, 0.3) is 0 Å². The Morgan fingerprint density at radius 2 is 0.605 bits per heavy atom. The van der Waals surface area contributed by atoms with Crippen LogP contribution in [-0.2, 0) is 0 Å². The van der Waals surface area contributed by atoms with Gasteiger partial charge in [0.15, 0.2) is 11.6 Å². The van der Waals surface area contributed by atoms with Crippen LogP contribution in [0.3, 0.4) is 0 Å². The van der Waals surface area contributed by atoms with Crippen molar-refractivity contribution >= 4 is 76.2 Å². The summed E-state index contributed by atoms with van der Waals surface area (Å²) in [5.74, 6) is 1.70. The van der Waals surface area contributed by atoms with E-state index in [0.29, 0.717) is 34.4 Å². The molecule has 0 saturated heterocycles. The molecule has 81 heavy (non-hydrogen) atoms. The van der Waals surface area contributed by atoms with Gasteiger partial charge < -0.3 is 0 Å². The van der Waals surface area contributed by atoms with Crippen molar-refractivity contribution in [2.45, 2.75) is 0 Å². The second-order valence-electron chi connectivity index (χ2n) is 20.3. The van der Waals surface area contributed by atoms with Crippen LogP contribution >= 0.6 is 0 Å². The normalized spacial score (nSPS) is 11.7. The third-order valence-corrected chi connectivity index (χ3v) is 15.3. The molecule has 0 bridgehead atoms. The number of fused-ring (bicyclic) bond motifs is 10. The van der Waals surface area contributed by atoms with E-state index in [9.17, 15) is 0 Å². The Balaban J connectivity index is 1.000. The van der Waals surface area contributed by atoms with Gasteiger partial charge in [-0.2, -0.15) is 0 Å². The van der Waals surface area contributed by atoms with Gasteiger partial charge in [-0.3, -0.25) is 24.5 Å². The molecule has 0 saturated carbocycles. The summed E-state index contributed by atoms with van der Waals surface area (Å²) in [4.78, 5) is 47.2. The highest BCUT2D eigenvalue weighted by molar-refractivity contribution is 6.24. The molecule has 7 aromatic heterocycles. The minimum absolute atomic E-state index is 0.485. The molecule has 7 heterocycles. The Labute approximate surface area is 463 Å². The van der Waals surface area contributed by atoms with E-state index >= 15 is 0 Å². The number of para-hydroxylation sites is 5. The van der Waals surface area contributed by atoms with Crippen LogP contribution in [0.1, 0.15) is 0 Å². The summed E-state index contributed by atoms with van der Waals surface area (Å²) in [5, 5.41) is 8.44. The first-order valence-electron chi connectivity index (χ1n) is 26.8. The molecule has 0 amide bonds.